The molecule has 0 aromatic heterocycles. The molecule has 0 saturated carbocycles. The van der Waals surface area contributed by atoms with Crippen LogP contribution in [0.5, 0.6) is 0 Å². The number of benzene rings is 1. The second-order valence-electron chi connectivity index (χ2n) is 4.84. The van der Waals surface area contributed by atoms with Gasteiger partial charge in [0.05, 0.1) is 0 Å². The standard InChI is InChI=1S/C14H21ClN2S/c1-10(16-2)13-5-4-11(8-14(13)15)17(3)12-6-7-18-9-12/h4-5,8,10,12,16H,6-7,9H2,1-3H3. The van der Waals surface area contributed by atoms with E-state index in [1.165, 1.54) is 23.6 Å². The average Bonchev–Trinajstić information content (AvgIpc) is 2.90. The van der Waals surface area contributed by atoms with E-state index in [0.717, 1.165) is 10.6 Å². The number of nitrogens with zero attached hydrogens (tertiary/aromatic N) is 1. The van der Waals surface area contributed by atoms with Gasteiger partial charge in [-0.1, -0.05) is 17.7 Å². The molecule has 1 N–H and O–H groups in total. The molecule has 18 heavy (non-hydrogen) atoms. The van der Waals surface area contributed by atoms with Crippen molar-refractivity contribution < 1.29 is 0 Å². The van der Waals surface area contributed by atoms with Crippen molar-refractivity contribution in [1.82, 2.24) is 5.32 Å². The zero-order chi connectivity index (χ0) is 13.1. The maximum absolute atomic E-state index is 6.38. The van der Waals surface area contributed by atoms with Crippen molar-refractivity contribution in [3.05, 3.63) is 28.8 Å². The fourth-order valence-electron chi connectivity index (χ4n) is 2.28. The highest BCUT2D eigenvalue weighted by molar-refractivity contribution is 7.99. The van der Waals surface area contributed by atoms with E-state index < -0.39 is 0 Å². The number of halogens is 1. The predicted octanol–water partition coefficient (Wildman–Crippen LogP) is 3.56. The topological polar surface area (TPSA) is 15.3 Å². The lowest BCUT2D eigenvalue weighted by Crippen LogP contribution is -2.31. The van der Waals surface area contributed by atoms with Crippen LogP contribution in [-0.2, 0) is 0 Å². The summed E-state index contributed by atoms with van der Waals surface area (Å²) in [5.41, 5.74) is 2.39. The Kier molecular flexibility index (Phi) is 4.82. The van der Waals surface area contributed by atoms with Gasteiger partial charge in [-0.3, -0.25) is 0 Å². The summed E-state index contributed by atoms with van der Waals surface area (Å²) in [4.78, 5) is 2.36. The van der Waals surface area contributed by atoms with Gasteiger partial charge in [-0.15, -0.1) is 0 Å². The van der Waals surface area contributed by atoms with E-state index in [9.17, 15) is 0 Å². The van der Waals surface area contributed by atoms with Crippen molar-refractivity contribution >= 4 is 29.1 Å². The number of thioether (sulfide) groups is 1. The van der Waals surface area contributed by atoms with Crippen LogP contribution >= 0.6 is 23.4 Å². The second-order valence-corrected chi connectivity index (χ2v) is 6.40. The second kappa shape index (κ2) is 6.18. The molecule has 1 heterocycles. The van der Waals surface area contributed by atoms with E-state index in [1.54, 1.807) is 0 Å². The number of hydrogen-bond donors (Lipinski definition) is 1. The lowest BCUT2D eigenvalue weighted by atomic mass is 10.1. The Bertz CT molecular complexity index is 405. The summed E-state index contributed by atoms with van der Waals surface area (Å²) in [5.74, 6) is 2.50. The summed E-state index contributed by atoms with van der Waals surface area (Å²) in [6, 6.07) is 7.35. The van der Waals surface area contributed by atoms with E-state index >= 15 is 0 Å². The molecule has 1 saturated heterocycles. The molecule has 1 aromatic rings. The predicted molar refractivity (Wildman–Crippen MR) is 83.1 cm³/mol. The first-order chi connectivity index (χ1) is 8.63. The van der Waals surface area contributed by atoms with Crippen LogP contribution in [0.3, 0.4) is 0 Å². The molecule has 100 valence electrons. The smallest absolute Gasteiger partial charge is 0.0474 e. The fourth-order valence-corrected chi connectivity index (χ4v) is 3.89. The van der Waals surface area contributed by atoms with Gasteiger partial charge >= 0.3 is 0 Å². The molecule has 1 aromatic carbocycles. The monoisotopic (exact) mass is 284 g/mol. The molecule has 0 aliphatic carbocycles. The zero-order valence-electron chi connectivity index (χ0n) is 11.2. The third kappa shape index (κ3) is 2.95. The molecule has 0 spiro atoms. The van der Waals surface area contributed by atoms with Crippen molar-refractivity contribution in [3.8, 4) is 0 Å². The summed E-state index contributed by atoms with van der Waals surface area (Å²) in [6.07, 6.45) is 1.27. The molecule has 2 nitrogen and oxygen atoms in total. The minimum absolute atomic E-state index is 0.291. The largest absolute Gasteiger partial charge is 0.371 e. The number of hydrogen-bond acceptors (Lipinski definition) is 3. The average molecular weight is 285 g/mol. The summed E-state index contributed by atoms with van der Waals surface area (Å²) in [7, 11) is 4.13. The number of rotatable bonds is 4. The third-order valence-corrected chi connectivity index (χ3v) is 5.22. The van der Waals surface area contributed by atoms with Gasteiger partial charge in [0.25, 0.3) is 0 Å². The Morgan fingerprint density at radius 3 is 2.83 bits per heavy atom. The zero-order valence-corrected chi connectivity index (χ0v) is 12.8. The normalized spacial score (nSPS) is 21.0. The van der Waals surface area contributed by atoms with Crippen molar-refractivity contribution in [2.45, 2.75) is 25.4 Å². The molecule has 2 unspecified atom stereocenters. The molecule has 1 aliphatic heterocycles. The molecule has 0 bridgehead atoms. The Balaban J connectivity index is 2.17. The molecule has 1 aliphatic rings. The fraction of sp³-hybridized carbons (Fsp3) is 0.571. The van der Waals surface area contributed by atoms with Crippen molar-refractivity contribution in [2.75, 3.05) is 30.5 Å². The molecule has 1 fully saturated rings. The SMILES string of the molecule is CNC(C)c1ccc(N(C)C2CCSC2)cc1Cl. The Hall–Kier alpha value is -0.380. The van der Waals surface area contributed by atoms with Gasteiger partial charge in [0.15, 0.2) is 0 Å². The lowest BCUT2D eigenvalue weighted by Gasteiger charge is -2.27. The molecule has 0 radical (unpaired) electrons. The van der Waals surface area contributed by atoms with Crippen molar-refractivity contribution in [3.63, 3.8) is 0 Å². The number of anilines is 1. The van der Waals surface area contributed by atoms with E-state index in [-0.39, 0.29) is 0 Å². The van der Waals surface area contributed by atoms with Gasteiger partial charge in [-0.2, -0.15) is 11.8 Å². The van der Waals surface area contributed by atoms with Crippen LogP contribution in [0.4, 0.5) is 5.69 Å². The van der Waals surface area contributed by atoms with Gasteiger partial charge in [0, 0.05) is 35.6 Å². The van der Waals surface area contributed by atoms with Gasteiger partial charge < -0.3 is 10.2 Å². The van der Waals surface area contributed by atoms with Gasteiger partial charge in [0.1, 0.15) is 0 Å². The highest BCUT2D eigenvalue weighted by Gasteiger charge is 2.21. The molecular formula is C14H21ClN2S. The third-order valence-electron chi connectivity index (χ3n) is 3.74. The first-order valence-corrected chi connectivity index (χ1v) is 7.94. The molecule has 4 heteroatoms. The highest BCUT2D eigenvalue weighted by atomic mass is 35.5. The maximum atomic E-state index is 6.38. The highest BCUT2D eigenvalue weighted by Crippen LogP contribution is 2.30. The van der Waals surface area contributed by atoms with Gasteiger partial charge in [0.2, 0.25) is 0 Å². The van der Waals surface area contributed by atoms with Crippen molar-refractivity contribution in [1.29, 1.82) is 0 Å². The van der Waals surface area contributed by atoms with Gasteiger partial charge in [-0.25, -0.2) is 0 Å². The summed E-state index contributed by atoms with van der Waals surface area (Å²) >= 11 is 8.42. The molecule has 2 atom stereocenters. The minimum Gasteiger partial charge on any atom is -0.371 e. The Morgan fingerprint density at radius 2 is 2.28 bits per heavy atom. The van der Waals surface area contributed by atoms with Crippen LogP contribution < -0.4 is 10.2 Å². The van der Waals surface area contributed by atoms with Crippen LogP contribution in [0.2, 0.25) is 5.02 Å². The van der Waals surface area contributed by atoms with E-state index in [2.05, 4.69) is 42.4 Å². The number of nitrogens with one attached hydrogen (secondary N) is 1. The Labute approximate surface area is 119 Å². The first kappa shape index (κ1) is 14.0. The van der Waals surface area contributed by atoms with E-state index in [0.29, 0.717) is 12.1 Å². The maximum Gasteiger partial charge on any atom is 0.0474 e. The van der Waals surface area contributed by atoms with Crippen LogP contribution in [0.15, 0.2) is 18.2 Å². The molecule has 0 amide bonds. The van der Waals surface area contributed by atoms with Gasteiger partial charge in [-0.05, 0) is 43.8 Å². The van der Waals surface area contributed by atoms with Crippen LogP contribution in [0, 0.1) is 0 Å². The van der Waals surface area contributed by atoms with E-state index in [1.807, 2.05) is 18.8 Å². The first-order valence-electron chi connectivity index (χ1n) is 6.40. The summed E-state index contributed by atoms with van der Waals surface area (Å²) < 4.78 is 0. The quantitative estimate of drug-likeness (QED) is 0.910. The summed E-state index contributed by atoms with van der Waals surface area (Å²) in [6.45, 7) is 2.12. The van der Waals surface area contributed by atoms with E-state index in [4.69, 9.17) is 11.6 Å². The lowest BCUT2D eigenvalue weighted by molar-refractivity contribution is 0.651. The van der Waals surface area contributed by atoms with Crippen LogP contribution in [0.25, 0.3) is 0 Å². The molecular weight excluding hydrogens is 264 g/mol. The Morgan fingerprint density at radius 1 is 1.50 bits per heavy atom. The minimum atomic E-state index is 0.291. The van der Waals surface area contributed by atoms with Crippen molar-refractivity contribution in [2.24, 2.45) is 0 Å². The van der Waals surface area contributed by atoms with Crippen LogP contribution in [0.1, 0.15) is 24.9 Å². The summed E-state index contributed by atoms with van der Waals surface area (Å²) in [5, 5.41) is 4.08. The van der Waals surface area contributed by atoms with Crippen LogP contribution in [-0.4, -0.2) is 31.6 Å². The molecule has 2 rings (SSSR count).